The van der Waals surface area contributed by atoms with Gasteiger partial charge in [-0.05, 0) is 30.5 Å². The maximum absolute atomic E-state index is 11.3. The van der Waals surface area contributed by atoms with Gasteiger partial charge in [-0.25, -0.2) is 8.42 Å². The molecule has 0 bridgehead atoms. The molecule has 0 saturated heterocycles. The molecule has 2 rings (SSSR count). The van der Waals surface area contributed by atoms with Gasteiger partial charge in [0.1, 0.15) is 0 Å². The SMILES string of the molecule is CS(=O)(=O)c1ccc(C2(C(=O)O)CCC2)cc1. The van der Waals surface area contributed by atoms with Crippen molar-refractivity contribution in [2.45, 2.75) is 29.6 Å². The number of carboxylic acids is 1. The van der Waals surface area contributed by atoms with Crippen molar-refractivity contribution < 1.29 is 18.3 Å². The van der Waals surface area contributed by atoms with Gasteiger partial charge in [0, 0.05) is 6.26 Å². The Hall–Kier alpha value is -1.36. The second-order valence-corrected chi connectivity index (χ2v) is 6.55. The van der Waals surface area contributed by atoms with E-state index in [1.165, 1.54) is 12.1 Å². The molecule has 5 heteroatoms. The summed E-state index contributed by atoms with van der Waals surface area (Å²) < 4.78 is 22.6. The molecule has 0 aliphatic heterocycles. The van der Waals surface area contributed by atoms with Crippen LogP contribution in [0.1, 0.15) is 24.8 Å². The van der Waals surface area contributed by atoms with Crippen LogP contribution in [0.3, 0.4) is 0 Å². The number of rotatable bonds is 3. The summed E-state index contributed by atoms with van der Waals surface area (Å²) in [7, 11) is -3.22. The van der Waals surface area contributed by atoms with E-state index < -0.39 is 21.2 Å². The lowest BCUT2D eigenvalue weighted by Crippen LogP contribution is -2.42. The molecule has 1 aromatic carbocycles. The zero-order chi connectivity index (χ0) is 12.7. The molecule has 0 amide bonds. The molecule has 1 aromatic rings. The third-order valence-corrected chi connectivity index (χ3v) is 4.58. The van der Waals surface area contributed by atoms with Crippen molar-refractivity contribution in [1.29, 1.82) is 0 Å². The third-order valence-electron chi connectivity index (χ3n) is 3.45. The van der Waals surface area contributed by atoms with Crippen LogP contribution in [0.25, 0.3) is 0 Å². The lowest BCUT2D eigenvalue weighted by molar-refractivity contribution is -0.147. The van der Waals surface area contributed by atoms with E-state index in [0.717, 1.165) is 12.7 Å². The summed E-state index contributed by atoms with van der Waals surface area (Å²) in [4.78, 5) is 11.5. The van der Waals surface area contributed by atoms with Crippen molar-refractivity contribution in [2.75, 3.05) is 6.26 Å². The zero-order valence-corrected chi connectivity index (χ0v) is 10.3. The Bertz CT molecular complexity index is 538. The van der Waals surface area contributed by atoms with Crippen LogP contribution in [0.15, 0.2) is 29.2 Å². The minimum atomic E-state index is -3.22. The van der Waals surface area contributed by atoms with E-state index in [1.807, 2.05) is 0 Å². The smallest absolute Gasteiger partial charge is 0.314 e. The first-order chi connectivity index (χ1) is 7.86. The summed E-state index contributed by atoms with van der Waals surface area (Å²) in [6.07, 6.45) is 3.29. The van der Waals surface area contributed by atoms with Gasteiger partial charge in [0.05, 0.1) is 10.3 Å². The Morgan fingerprint density at radius 2 is 1.76 bits per heavy atom. The first-order valence-electron chi connectivity index (χ1n) is 5.40. The average Bonchev–Trinajstić information content (AvgIpc) is 2.14. The molecule has 0 unspecified atom stereocenters. The predicted octanol–water partition coefficient (Wildman–Crippen LogP) is 1.60. The van der Waals surface area contributed by atoms with Crippen molar-refractivity contribution in [2.24, 2.45) is 0 Å². The maximum atomic E-state index is 11.3. The fourth-order valence-electron chi connectivity index (χ4n) is 2.18. The number of sulfone groups is 1. The fraction of sp³-hybridized carbons (Fsp3) is 0.417. The quantitative estimate of drug-likeness (QED) is 0.889. The molecule has 0 atom stereocenters. The number of carboxylic acid groups (broad SMARTS) is 1. The first kappa shape index (κ1) is 12.1. The average molecular weight is 254 g/mol. The van der Waals surface area contributed by atoms with E-state index in [4.69, 9.17) is 0 Å². The van der Waals surface area contributed by atoms with E-state index in [1.54, 1.807) is 12.1 Å². The third kappa shape index (κ3) is 1.95. The summed E-state index contributed by atoms with van der Waals surface area (Å²) in [5.74, 6) is -0.823. The van der Waals surface area contributed by atoms with Crippen molar-refractivity contribution in [3.05, 3.63) is 29.8 Å². The minimum Gasteiger partial charge on any atom is -0.481 e. The lowest BCUT2D eigenvalue weighted by Gasteiger charge is -2.38. The summed E-state index contributed by atoms with van der Waals surface area (Å²) in [5.41, 5.74) is -0.0978. The van der Waals surface area contributed by atoms with Gasteiger partial charge in [-0.1, -0.05) is 18.6 Å². The standard InChI is InChI=1S/C12H14O4S/c1-17(15,16)10-5-3-9(4-6-10)12(11(13)14)7-2-8-12/h3-6H,2,7-8H2,1H3,(H,13,14). The number of benzene rings is 1. The highest BCUT2D eigenvalue weighted by molar-refractivity contribution is 7.90. The van der Waals surface area contributed by atoms with Gasteiger partial charge in [0.25, 0.3) is 0 Å². The van der Waals surface area contributed by atoms with Crippen molar-refractivity contribution in [3.8, 4) is 0 Å². The van der Waals surface area contributed by atoms with Crippen molar-refractivity contribution in [3.63, 3.8) is 0 Å². The van der Waals surface area contributed by atoms with Gasteiger partial charge in [-0.3, -0.25) is 4.79 Å². The highest BCUT2D eigenvalue weighted by atomic mass is 32.2. The predicted molar refractivity (Wildman–Crippen MR) is 62.7 cm³/mol. The Morgan fingerprint density at radius 3 is 2.06 bits per heavy atom. The Kier molecular flexibility index (Phi) is 2.73. The molecular formula is C12H14O4S. The summed E-state index contributed by atoms with van der Waals surface area (Å²) >= 11 is 0. The van der Waals surface area contributed by atoms with Crippen molar-refractivity contribution >= 4 is 15.8 Å². The highest BCUT2D eigenvalue weighted by Crippen LogP contribution is 2.44. The molecule has 0 radical (unpaired) electrons. The van der Waals surface area contributed by atoms with Gasteiger partial charge in [-0.2, -0.15) is 0 Å². The van der Waals surface area contributed by atoms with E-state index >= 15 is 0 Å². The van der Waals surface area contributed by atoms with Gasteiger partial charge in [-0.15, -0.1) is 0 Å². The molecular weight excluding hydrogens is 240 g/mol. The molecule has 1 fully saturated rings. The second kappa shape index (κ2) is 3.84. The molecule has 4 nitrogen and oxygen atoms in total. The summed E-state index contributed by atoms with van der Waals surface area (Å²) in [6, 6.07) is 6.19. The normalized spacial score (nSPS) is 18.4. The number of aliphatic carboxylic acids is 1. The van der Waals surface area contributed by atoms with Crippen LogP contribution in [0.5, 0.6) is 0 Å². The number of hydrogen-bond donors (Lipinski definition) is 1. The molecule has 0 spiro atoms. The Labute approximate surface area is 100 Å². The van der Waals surface area contributed by atoms with Gasteiger partial charge in [0.2, 0.25) is 0 Å². The van der Waals surface area contributed by atoms with Gasteiger partial charge >= 0.3 is 5.97 Å². The molecule has 0 heterocycles. The summed E-state index contributed by atoms with van der Waals surface area (Å²) in [6.45, 7) is 0. The van der Waals surface area contributed by atoms with E-state index in [-0.39, 0.29) is 4.90 Å². The molecule has 92 valence electrons. The second-order valence-electron chi connectivity index (χ2n) is 4.54. The van der Waals surface area contributed by atoms with Gasteiger partial charge < -0.3 is 5.11 Å². The van der Waals surface area contributed by atoms with Crippen LogP contribution >= 0.6 is 0 Å². The largest absolute Gasteiger partial charge is 0.481 e. The summed E-state index contributed by atoms with van der Waals surface area (Å²) in [5, 5.41) is 9.25. The van der Waals surface area contributed by atoms with E-state index in [0.29, 0.717) is 18.4 Å². The number of carbonyl (C=O) groups is 1. The van der Waals surface area contributed by atoms with E-state index in [2.05, 4.69) is 0 Å². The molecule has 1 saturated carbocycles. The molecule has 0 aromatic heterocycles. The topological polar surface area (TPSA) is 71.4 Å². The van der Waals surface area contributed by atoms with E-state index in [9.17, 15) is 18.3 Å². The van der Waals surface area contributed by atoms with Crippen LogP contribution in [0.4, 0.5) is 0 Å². The molecule has 17 heavy (non-hydrogen) atoms. The number of hydrogen-bond acceptors (Lipinski definition) is 3. The maximum Gasteiger partial charge on any atom is 0.314 e. The molecule has 1 aliphatic carbocycles. The Morgan fingerprint density at radius 1 is 1.24 bits per heavy atom. The lowest BCUT2D eigenvalue weighted by atomic mass is 9.64. The molecule has 1 aliphatic rings. The van der Waals surface area contributed by atoms with Crippen LogP contribution in [0, 0.1) is 0 Å². The monoisotopic (exact) mass is 254 g/mol. The molecule has 1 N–H and O–H groups in total. The van der Waals surface area contributed by atoms with Gasteiger partial charge in [0.15, 0.2) is 9.84 Å². The minimum absolute atomic E-state index is 0.223. The van der Waals surface area contributed by atoms with Crippen LogP contribution in [-0.2, 0) is 20.0 Å². The fourth-order valence-corrected chi connectivity index (χ4v) is 2.81. The highest BCUT2D eigenvalue weighted by Gasteiger charge is 2.45. The first-order valence-corrected chi connectivity index (χ1v) is 7.29. The van der Waals surface area contributed by atoms with Crippen LogP contribution in [0.2, 0.25) is 0 Å². The zero-order valence-electron chi connectivity index (χ0n) is 9.51. The Balaban J connectivity index is 2.39. The van der Waals surface area contributed by atoms with Crippen LogP contribution < -0.4 is 0 Å². The van der Waals surface area contributed by atoms with Crippen molar-refractivity contribution in [1.82, 2.24) is 0 Å². The van der Waals surface area contributed by atoms with Crippen LogP contribution in [-0.4, -0.2) is 25.7 Å².